The molecule has 0 aromatic carbocycles. The highest BCUT2D eigenvalue weighted by Crippen LogP contribution is 2.17. The van der Waals surface area contributed by atoms with Crippen LogP contribution in [0.5, 0.6) is 0 Å². The summed E-state index contributed by atoms with van der Waals surface area (Å²) in [6, 6.07) is -0.329. The van der Waals surface area contributed by atoms with Gasteiger partial charge < -0.3 is 10.3 Å². The maximum Gasteiger partial charge on any atom is 0.305 e. The Morgan fingerprint density at radius 1 is 1.39 bits per heavy atom. The summed E-state index contributed by atoms with van der Waals surface area (Å²) in [5, 5.41) is 2.59. The van der Waals surface area contributed by atoms with Gasteiger partial charge in [-0.2, -0.15) is 0 Å². The van der Waals surface area contributed by atoms with Gasteiger partial charge in [0, 0.05) is 24.7 Å². The van der Waals surface area contributed by atoms with E-state index in [0.717, 1.165) is 0 Å². The summed E-state index contributed by atoms with van der Waals surface area (Å²) in [7, 11) is -3.70. The molecule has 1 fully saturated rings. The summed E-state index contributed by atoms with van der Waals surface area (Å²) in [6.45, 7) is 1.81. The lowest BCUT2D eigenvalue weighted by molar-refractivity contribution is -0.122. The van der Waals surface area contributed by atoms with Crippen LogP contribution in [0.1, 0.15) is 18.5 Å². The second-order valence-corrected chi connectivity index (χ2v) is 6.98. The SMILES string of the molecule is Cc1[nH]c(=O)sc1S(=O)(=O)NC1CCC(=O)NC1. The number of sulfonamides is 1. The van der Waals surface area contributed by atoms with Crippen LogP contribution in [0, 0.1) is 6.92 Å². The van der Waals surface area contributed by atoms with Crippen LogP contribution >= 0.6 is 11.3 Å². The van der Waals surface area contributed by atoms with Crippen molar-refractivity contribution in [3.05, 3.63) is 15.4 Å². The minimum absolute atomic E-state index is 0.00407. The Balaban J connectivity index is 2.15. The summed E-state index contributed by atoms with van der Waals surface area (Å²) >= 11 is 0.662. The van der Waals surface area contributed by atoms with Crippen molar-refractivity contribution >= 4 is 27.3 Å². The molecule has 0 aliphatic carbocycles. The van der Waals surface area contributed by atoms with Gasteiger partial charge in [-0.1, -0.05) is 11.3 Å². The number of aryl methyl sites for hydroxylation is 1. The summed E-state index contributed by atoms with van der Waals surface area (Å²) in [5.74, 6) is -0.0760. The van der Waals surface area contributed by atoms with Gasteiger partial charge >= 0.3 is 4.87 Å². The van der Waals surface area contributed by atoms with Gasteiger partial charge in [-0.05, 0) is 13.3 Å². The van der Waals surface area contributed by atoms with E-state index in [9.17, 15) is 18.0 Å². The van der Waals surface area contributed by atoms with Crippen LogP contribution in [0.25, 0.3) is 0 Å². The molecule has 1 aromatic heterocycles. The molecule has 100 valence electrons. The molecule has 1 atom stereocenters. The van der Waals surface area contributed by atoms with Gasteiger partial charge in [0.15, 0.2) is 4.21 Å². The summed E-state index contributed by atoms with van der Waals surface area (Å²) in [6.07, 6.45) is 0.763. The first-order chi connectivity index (χ1) is 8.38. The lowest BCUT2D eigenvalue weighted by Crippen LogP contribution is -2.47. The van der Waals surface area contributed by atoms with Crippen LogP contribution in [0.4, 0.5) is 0 Å². The normalized spacial score (nSPS) is 20.7. The molecule has 3 N–H and O–H groups in total. The van der Waals surface area contributed by atoms with Crippen molar-refractivity contribution in [3.63, 3.8) is 0 Å². The fraction of sp³-hybridized carbons (Fsp3) is 0.556. The Morgan fingerprint density at radius 2 is 2.11 bits per heavy atom. The Labute approximate surface area is 108 Å². The van der Waals surface area contributed by atoms with Crippen LogP contribution < -0.4 is 14.9 Å². The molecule has 9 heteroatoms. The molecule has 0 saturated carbocycles. The quantitative estimate of drug-likeness (QED) is 0.684. The first-order valence-corrected chi connectivity index (χ1v) is 7.67. The Kier molecular flexibility index (Phi) is 3.55. The maximum absolute atomic E-state index is 12.0. The van der Waals surface area contributed by atoms with E-state index >= 15 is 0 Å². The number of rotatable bonds is 3. The first kappa shape index (κ1) is 13.2. The Morgan fingerprint density at radius 3 is 2.61 bits per heavy atom. The number of amides is 1. The number of carbonyl (C=O) groups is 1. The molecule has 1 aliphatic rings. The van der Waals surface area contributed by atoms with Gasteiger partial charge in [0.2, 0.25) is 5.91 Å². The van der Waals surface area contributed by atoms with E-state index in [4.69, 9.17) is 0 Å². The summed E-state index contributed by atoms with van der Waals surface area (Å²) in [4.78, 5) is 24.1. The molecule has 2 rings (SSSR count). The van der Waals surface area contributed by atoms with E-state index in [2.05, 4.69) is 15.0 Å². The number of H-pyrrole nitrogens is 1. The molecular weight excluding hydrogens is 278 g/mol. The van der Waals surface area contributed by atoms with E-state index in [1.54, 1.807) is 0 Å². The third-order valence-corrected chi connectivity index (χ3v) is 5.74. The zero-order chi connectivity index (χ0) is 13.3. The van der Waals surface area contributed by atoms with E-state index in [0.29, 0.717) is 29.9 Å². The largest absolute Gasteiger partial charge is 0.355 e. The Hall–Kier alpha value is -1.19. The van der Waals surface area contributed by atoms with Crippen molar-refractivity contribution < 1.29 is 13.2 Å². The fourth-order valence-corrected chi connectivity index (χ4v) is 4.34. The van der Waals surface area contributed by atoms with Crippen molar-refractivity contribution in [1.82, 2.24) is 15.0 Å². The number of aromatic amines is 1. The zero-order valence-electron chi connectivity index (χ0n) is 9.65. The number of hydrogen-bond acceptors (Lipinski definition) is 5. The number of nitrogens with one attached hydrogen (secondary N) is 3. The zero-order valence-corrected chi connectivity index (χ0v) is 11.3. The lowest BCUT2D eigenvalue weighted by atomic mass is 10.1. The van der Waals surface area contributed by atoms with E-state index in [1.807, 2.05) is 0 Å². The maximum atomic E-state index is 12.0. The molecule has 7 nitrogen and oxygen atoms in total. The van der Waals surface area contributed by atoms with Crippen LogP contribution in [-0.4, -0.2) is 31.9 Å². The molecule has 1 aliphatic heterocycles. The van der Waals surface area contributed by atoms with Gasteiger partial charge in [0.1, 0.15) is 0 Å². The monoisotopic (exact) mass is 291 g/mol. The molecule has 2 heterocycles. The average molecular weight is 291 g/mol. The second kappa shape index (κ2) is 4.82. The third-order valence-electron chi connectivity index (χ3n) is 2.61. The van der Waals surface area contributed by atoms with Crippen LogP contribution in [0.2, 0.25) is 0 Å². The molecule has 1 aromatic rings. The van der Waals surface area contributed by atoms with Gasteiger partial charge in [-0.3, -0.25) is 9.59 Å². The second-order valence-electron chi connectivity index (χ2n) is 4.09. The van der Waals surface area contributed by atoms with Gasteiger partial charge in [0.05, 0.1) is 0 Å². The van der Waals surface area contributed by atoms with Gasteiger partial charge in [0.25, 0.3) is 10.0 Å². The minimum Gasteiger partial charge on any atom is -0.355 e. The predicted octanol–water partition coefficient (Wildman–Crippen LogP) is -0.698. The number of aromatic nitrogens is 1. The molecule has 0 spiro atoms. The highest BCUT2D eigenvalue weighted by molar-refractivity contribution is 7.91. The predicted molar refractivity (Wildman–Crippen MR) is 66.0 cm³/mol. The molecule has 0 bridgehead atoms. The molecule has 0 radical (unpaired) electrons. The first-order valence-electron chi connectivity index (χ1n) is 5.37. The molecule has 18 heavy (non-hydrogen) atoms. The molecular formula is C9H13N3O4S2. The lowest BCUT2D eigenvalue weighted by Gasteiger charge is -2.22. The third kappa shape index (κ3) is 2.79. The standard InChI is InChI=1S/C9H13N3O4S2/c1-5-8(17-9(14)11-5)18(15,16)12-6-2-3-7(13)10-4-6/h6,12H,2-4H2,1H3,(H,10,13)(H,11,14). The van der Waals surface area contributed by atoms with Gasteiger partial charge in [-0.25, -0.2) is 13.1 Å². The summed E-state index contributed by atoms with van der Waals surface area (Å²) in [5.41, 5.74) is 0.331. The van der Waals surface area contributed by atoms with E-state index in [1.165, 1.54) is 6.92 Å². The van der Waals surface area contributed by atoms with Crippen LogP contribution in [0.3, 0.4) is 0 Å². The van der Waals surface area contributed by atoms with E-state index in [-0.39, 0.29) is 22.7 Å². The topological polar surface area (TPSA) is 108 Å². The minimum atomic E-state index is -3.70. The van der Waals surface area contributed by atoms with Crippen molar-refractivity contribution in [2.75, 3.05) is 6.54 Å². The van der Waals surface area contributed by atoms with Crippen LogP contribution in [0.15, 0.2) is 9.00 Å². The Bertz CT molecular complexity index is 606. The highest BCUT2D eigenvalue weighted by atomic mass is 32.2. The van der Waals surface area contributed by atoms with Crippen molar-refractivity contribution in [2.45, 2.75) is 30.0 Å². The van der Waals surface area contributed by atoms with Crippen molar-refractivity contribution in [1.29, 1.82) is 0 Å². The van der Waals surface area contributed by atoms with Crippen molar-refractivity contribution in [2.24, 2.45) is 0 Å². The van der Waals surface area contributed by atoms with Gasteiger partial charge in [-0.15, -0.1) is 0 Å². The highest BCUT2D eigenvalue weighted by Gasteiger charge is 2.26. The molecule has 1 saturated heterocycles. The number of piperidine rings is 1. The number of thiazole rings is 1. The smallest absolute Gasteiger partial charge is 0.305 e. The van der Waals surface area contributed by atoms with Crippen LogP contribution in [-0.2, 0) is 14.8 Å². The molecule has 1 amide bonds. The van der Waals surface area contributed by atoms with E-state index < -0.39 is 14.9 Å². The summed E-state index contributed by atoms with van der Waals surface area (Å²) < 4.78 is 26.6. The fourth-order valence-electron chi connectivity index (χ4n) is 1.75. The average Bonchev–Trinajstić information content (AvgIpc) is 2.62. The number of hydrogen-bond donors (Lipinski definition) is 3. The molecule has 1 unspecified atom stereocenters. The number of carbonyl (C=O) groups excluding carboxylic acids is 1. The van der Waals surface area contributed by atoms with Crippen molar-refractivity contribution in [3.8, 4) is 0 Å².